The third kappa shape index (κ3) is 7.68. The van der Waals surface area contributed by atoms with Gasteiger partial charge in [0.15, 0.2) is 11.5 Å². The Labute approximate surface area is 235 Å². The maximum Gasteiger partial charge on any atom is 0.329 e. The number of anilines is 2. The second-order valence-corrected chi connectivity index (χ2v) is 8.78. The molecule has 4 rings (SSSR count). The van der Waals surface area contributed by atoms with Gasteiger partial charge in [-0.25, -0.2) is 5.43 Å². The molecule has 0 fully saturated rings. The van der Waals surface area contributed by atoms with Crippen molar-refractivity contribution in [3.05, 3.63) is 119 Å². The number of nitrogens with zero attached hydrogens (tertiary/aromatic N) is 1. The Morgan fingerprint density at radius 1 is 0.825 bits per heavy atom. The fourth-order valence-electron chi connectivity index (χ4n) is 3.54. The molecule has 202 valence electrons. The van der Waals surface area contributed by atoms with Gasteiger partial charge in [0.25, 0.3) is 5.91 Å². The van der Waals surface area contributed by atoms with Crippen LogP contribution in [0.15, 0.2) is 102 Å². The fraction of sp³-hybridized carbons (Fsp3) is 0.0667. The topological polar surface area (TPSA) is 118 Å². The summed E-state index contributed by atoms with van der Waals surface area (Å²) in [5, 5.41) is 9.55. The van der Waals surface area contributed by atoms with Crippen LogP contribution in [0.5, 0.6) is 11.5 Å². The van der Waals surface area contributed by atoms with E-state index in [1.54, 1.807) is 54.6 Å². The molecule has 0 bridgehead atoms. The summed E-state index contributed by atoms with van der Waals surface area (Å²) >= 11 is 5.88. The normalized spacial score (nSPS) is 10.6. The highest BCUT2D eigenvalue weighted by molar-refractivity contribution is 6.40. The summed E-state index contributed by atoms with van der Waals surface area (Å²) in [6.07, 6.45) is 1.36. The van der Waals surface area contributed by atoms with E-state index >= 15 is 0 Å². The third-order valence-electron chi connectivity index (χ3n) is 5.53. The molecule has 0 aliphatic carbocycles. The van der Waals surface area contributed by atoms with Crippen LogP contribution < -0.4 is 25.5 Å². The molecule has 0 atom stereocenters. The number of benzene rings is 4. The molecule has 0 aliphatic rings. The fourth-order valence-corrected chi connectivity index (χ4v) is 3.66. The van der Waals surface area contributed by atoms with Crippen molar-refractivity contribution in [3.63, 3.8) is 0 Å². The summed E-state index contributed by atoms with van der Waals surface area (Å²) < 4.78 is 11.2. The third-order valence-corrected chi connectivity index (χ3v) is 5.78. The first-order valence-electron chi connectivity index (χ1n) is 12.1. The van der Waals surface area contributed by atoms with Gasteiger partial charge in [-0.15, -0.1) is 0 Å². The smallest absolute Gasteiger partial charge is 0.329 e. The molecule has 9 nitrogen and oxygen atoms in total. The van der Waals surface area contributed by atoms with E-state index in [1.165, 1.54) is 25.5 Å². The monoisotopic (exact) mass is 556 g/mol. The number of methoxy groups -OCH3 is 1. The zero-order valence-corrected chi connectivity index (χ0v) is 22.1. The highest BCUT2D eigenvalue weighted by atomic mass is 35.5. The Bertz CT molecular complexity index is 1530. The minimum atomic E-state index is -1.01. The van der Waals surface area contributed by atoms with Gasteiger partial charge in [-0.2, -0.15) is 5.10 Å². The highest BCUT2D eigenvalue weighted by Gasteiger charge is 2.18. The van der Waals surface area contributed by atoms with Crippen molar-refractivity contribution < 1.29 is 23.9 Å². The number of para-hydroxylation sites is 1. The maximum absolute atomic E-state index is 12.8. The van der Waals surface area contributed by atoms with Crippen LogP contribution in [0.25, 0.3) is 0 Å². The minimum Gasteiger partial charge on any atom is -0.493 e. The summed E-state index contributed by atoms with van der Waals surface area (Å²) in [6, 6.07) is 27.7. The quantitative estimate of drug-likeness (QED) is 0.147. The number of hydrogen-bond acceptors (Lipinski definition) is 6. The van der Waals surface area contributed by atoms with E-state index < -0.39 is 17.7 Å². The summed E-state index contributed by atoms with van der Waals surface area (Å²) in [6.45, 7) is 0.377. The molecule has 3 amide bonds. The van der Waals surface area contributed by atoms with Gasteiger partial charge in [-0.1, -0.05) is 54.1 Å². The summed E-state index contributed by atoms with van der Waals surface area (Å²) in [4.78, 5) is 37.6. The van der Waals surface area contributed by atoms with Crippen molar-refractivity contribution >= 4 is 46.9 Å². The van der Waals surface area contributed by atoms with Gasteiger partial charge in [0.1, 0.15) is 6.61 Å². The number of rotatable bonds is 9. The number of amides is 3. The Kier molecular flexibility index (Phi) is 9.47. The van der Waals surface area contributed by atoms with Crippen LogP contribution in [0.1, 0.15) is 21.5 Å². The zero-order valence-electron chi connectivity index (χ0n) is 21.4. The molecule has 0 spiro atoms. The number of nitrogens with one attached hydrogen (secondary N) is 3. The summed E-state index contributed by atoms with van der Waals surface area (Å²) in [5.41, 5.74) is 4.65. The molecule has 0 radical (unpaired) electrons. The Hall–Kier alpha value is -5.15. The maximum atomic E-state index is 12.8. The number of carbonyl (C=O) groups is 3. The zero-order chi connectivity index (χ0) is 28.3. The molecule has 40 heavy (non-hydrogen) atoms. The lowest BCUT2D eigenvalue weighted by Gasteiger charge is -2.11. The molecule has 0 saturated carbocycles. The van der Waals surface area contributed by atoms with Crippen LogP contribution in [0.2, 0.25) is 5.02 Å². The van der Waals surface area contributed by atoms with Crippen molar-refractivity contribution in [2.24, 2.45) is 5.10 Å². The van der Waals surface area contributed by atoms with Gasteiger partial charge in [-0.05, 0) is 65.7 Å². The first kappa shape index (κ1) is 27.9. The molecule has 0 heterocycles. The second-order valence-electron chi connectivity index (χ2n) is 8.34. The van der Waals surface area contributed by atoms with Gasteiger partial charge in [0, 0.05) is 10.7 Å². The van der Waals surface area contributed by atoms with Gasteiger partial charge in [-0.3, -0.25) is 14.4 Å². The predicted molar refractivity (Wildman–Crippen MR) is 154 cm³/mol. The molecule has 0 saturated heterocycles. The molecule has 3 N–H and O–H groups in total. The number of hydrazone groups is 1. The van der Waals surface area contributed by atoms with E-state index in [4.69, 9.17) is 21.1 Å². The average Bonchev–Trinajstić information content (AvgIpc) is 2.98. The van der Waals surface area contributed by atoms with Crippen molar-refractivity contribution in [3.8, 4) is 11.5 Å². The summed E-state index contributed by atoms with van der Waals surface area (Å²) in [5.74, 6) is -1.45. The number of ether oxygens (including phenoxy) is 2. The predicted octanol–water partition coefficient (Wildman–Crippen LogP) is 5.27. The van der Waals surface area contributed by atoms with Crippen molar-refractivity contribution in [2.75, 3.05) is 17.7 Å². The van der Waals surface area contributed by atoms with Crippen LogP contribution >= 0.6 is 11.6 Å². The van der Waals surface area contributed by atoms with Crippen molar-refractivity contribution in [2.45, 2.75) is 6.61 Å². The Morgan fingerprint density at radius 3 is 2.30 bits per heavy atom. The van der Waals surface area contributed by atoms with Crippen LogP contribution in [0.4, 0.5) is 11.4 Å². The van der Waals surface area contributed by atoms with E-state index in [0.717, 1.165) is 5.56 Å². The van der Waals surface area contributed by atoms with Gasteiger partial charge >= 0.3 is 11.8 Å². The van der Waals surface area contributed by atoms with E-state index in [2.05, 4.69) is 21.2 Å². The second kappa shape index (κ2) is 13.6. The molecule has 4 aromatic carbocycles. The van der Waals surface area contributed by atoms with Gasteiger partial charge in [0.2, 0.25) is 0 Å². The summed E-state index contributed by atoms with van der Waals surface area (Å²) in [7, 11) is 1.52. The van der Waals surface area contributed by atoms with E-state index in [9.17, 15) is 14.4 Å². The van der Waals surface area contributed by atoms with Crippen molar-refractivity contribution in [1.29, 1.82) is 0 Å². The molecule has 0 aliphatic heterocycles. The molecule has 0 unspecified atom stereocenters. The molecule has 10 heteroatoms. The molecular weight excluding hydrogens is 532 g/mol. The van der Waals surface area contributed by atoms with Crippen molar-refractivity contribution in [1.82, 2.24) is 5.43 Å². The SMILES string of the molecule is COc1cc(/C=N/NC(=O)C(=O)Nc2ccccc2C(=O)Nc2ccc(Cl)cc2)ccc1OCc1ccccc1. The lowest BCUT2D eigenvalue weighted by molar-refractivity contribution is -0.136. The molecular formula is C30H25ClN4O5. The van der Waals surface area contributed by atoms with Crippen LogP contribution in [0.3, 0.4) is 0 Å². The lowest BCUT2D eigenvalue weighted by Crippen LogP contribution is -2.33. The minimum absolute atomic E-state index is 0.161. The van der Waals surface area contributed by atoms with Crippen LogP contribution in [-0.4, -0.2) is 31.0 Å². The average molecular weight is 557 g/mol. The first-order valence-corrected chi connectivity index (χ1v) is 12.5. The molecule has 0 aromatic heterocycles. The van der Waals surface area contributed by atoms with E-state index in [-0.39, 0.29) is 11.3 Å². The first-order chi connectivity index (χ1) is 19.4. The Balaban J connectivity index is 1.34. The van der Waals surface area contributed by atoms with Gasteiger partial charge in [0.05, 0.1) is 24.6 Å². The largest absolute Gasteiger partial charge is 0.493 e. The standard InChI is InChI=1S/C30H25ClN4O5/c1-39-27-17-21(11-16-26(27)40-19-20-7-3-2-4-8-20)18-32-35-30(38)29(37)34-25-10-6-5-9-24(25)28(36)33-23-14-12-22(31)13-15-23/h2-18H,19H2,1H3,(H,33,36)(H,34,37)(H,35,38)/b32-18+. The lowest BCUT2D eigenvalue weighted by atomic mass is 10.1. The van der Waals surface area contributed by atoms with Gasteiger partial charge < -0.3 is 20.1 Å². The number of halogens is 1. The number of carbonyl (C=O) groups excluding carboxylic acids is 3. The van der Waals surface area contributed by atoms with Crippen LogP contribution in [0, 0.1) is 0 Å². The number of hydrogen-bond donors (Lipinski definition) is 3. The molecule has 4 aromatic rings. The van der Waals surface area contributed by atoms with E-state index in [0.29, 0.717) is 34.4 Å². The van der Waals surface area contributed by atoms with E-state index in [1.807, 2.05) is 30.3 Å². The Morgan fingerprint density at radius 2 is 1.55 bits per heavy atom. The van der Waals surface area contributed by atoms with Crippen LogP contribution in [-0.2, 0) is 16.2 Å². The highest BCUT2D eigenvalue weighted by Crippen LogP contribution is 2.28.